The van der Waals surface area contributed by atoms with Gasteiger partial charge in [-0.3, -0.25) is 4.79 Å². The Bertz CT molecular complexity index is 443. The predicted octanol–water partition coefficient (Wildman–Crippen LogP) is 1.80. The number of rotatable bonds is 5. The summed E-state index contributed by atoms with van der Waals surface area (Å²) in [6.45, 7) is 4.13. The average molecular weight is 268 g/mol. The summed E-state index contributed by atoms with van der Waals surface area (Å²) < 4.78 is 12.7. The Labute approximate surface area is 112 Å². The van der Waals surface area contributed by atoms with E-state index in [2.05, 4.69) is 5.32 Å². The maximum absolute atomic E-state index is 12.7. The first-order valence-corrected chi connectivity index (χ1v) is 6.03. The molecule has 1 amide bonds. The van der Waals surface area contributed by atoms with Gasteiger partial charge >= 0.3 is 0 Å². The van der Waals surface area contributed by atoms with E-state index < -0.39 is 5.41 Å². The van der Waals surface area contributed by atoms with Gasteiger partial charge in [0.2, 0.25) is 5.91 Å². The van der Waals surface area contributed by atoms with Crippen LogP contribution in [0.2, 0.25) is 0 Å². The molecule has 0 atom stereocenters. The van der Waals surface area contributed by atoms with Crippen LogP contribution in [0, 0.1) is 11.2 Å². The molecule has 0 aromatic heterocycles. The number of benzene rings is 1. The minimum Gasteiger partial charge on any atom is -0.393 e. The van der Waals surface area contributed by atoms with Crippen LogP contribution in [0.25, 0.3) is 0 Å². The van der Waals surface area contributed by atoms with Crippen LogP contribution >= 0.6 is 12.2 Å². The van der Waals surface area contributed by atoms with Crippen molar-refractivity contribution in [3.63, 3.8) is 0 Å². The number of nitrogens with two attached hydrogens (primary N) is 1. The highest BCUT2D eigenvalue weighted by Gasteiger charge is 2.21. The molecule has 98 valence electrons. The molecule has 0 heterocycles. The normalized spacial score (nSPS) is 11.1. The van der Waals surface area contributed by atoms with Crippen LogP contribution in [-0.4, -0.2) is 17.4 Å². The molecule has 0 aliphatic rings. The van der Waals surface area contributed by atoms with Crippen LogP contribution < -0.4 is 11.1 Å². The minimum atomic E-state index is -0.409. The summed E-state index contributed by atoms with van der Waals surface area (Å²) in [5.74, 6) is -0.445. The van der Waals surface area contributed by atoms with E-state index in [0.717, 1.165) is 5.56 Å². The molecule has 1 aromatic rings. The fourth-order valence-corrected chi connectivity index (χ4v) is 1.33. The zero-order chi connectivity index (χ0) is 13.8. The minimum absolute atomic E-state index is 0.133. The van der Waals surface area contributed by atoms with Gasteiger partial charge in [-0.05, 0) is 17.7 Å². The summed E-state index contributed by atoms with van der Waals surface area (Å²) in [6, 6.07) is 5.85. The van der Waals surface area contributed by atoms with E-state index in [1.54, 1.807) is 12.1 Å². The fraction of sp³-hybridized carbons (Fsp3) is 0.385. The molecule has 5 heteroatoms. The van der Waals surface area contributed by atoms with Crippen LogP contribution in [0.5, 0.6) is 0 Å². The second-order valence-corrected chi connectivity index (χ2v) is 5.27. The van der Waals surface area contributed by atoms with Crippen molar-refractivity contribution in [2.24, 2.45) is 11.1 Å². The highest BCUT2D eigenvalue weighted by atomic mass is 32.1. The van der Waals surface area contributed by atoms with Gasteiger partial charge in [-0.15, -0.1) is 0 Å². The third-order valence-electron chi connectivity index (χ3n) is 2.67. The first-order valence-electron chi connectivity index (χ1n) is 5.62. The number of hydrogen-bond acceptors (Lipinski definition) is 2. The summed E-state index contributed by atoms with van der Waals surface area (Å²) in [5.41, 5.74) is 5.92. The molecular formula is C13H17FN2OS. The maximum Gasteiger partial charge on any atom is 0.224 e. The third kappa shape index (κ3) is 4.41. The van der Waals surface area contributed by atoms with E-state index in [-0.39, 0.29) is 18.1 Å². The molecule has 18 heavy (non-hydrogen) atoms. The molecular weight excluding hydrogens is 251 g/mol. The van der Waals surface area contributed by atoms with Crippen molar-refractivity contribution in [3.05, 3.63) is 35.6 Å². The van der Waals surface area contributed by atoms with Gasteiger partial charge in [0, 0.05) is 12.0 Å². The molecule has 1 rings (SSSR count). The molecule has 0 saturated heterocycles. The lowest BCUT2D eigenvalue weighted by molar-refractivity contribution is -0.120. The number of hydrogen-bond donors (Lipinski definition) is 2. The Morgan fingerprint density at radius 2 is 1.94 bits per heavy atom. The van der Waals surface area contributed by atoms with Crippen molar-refractivity contribution in [1.29, 1.82) is 0 Å². The number of carbonyl (C=O) groups is 1. The van der Waals surface area contributed by atoms with E-state index >= 15 is 0 Å². The lowest BCUT2D eigenvalue weighted by Crippen LogP contribution is -2.41. The van der Waals surface area contributed by atoms with E-state index in [1.165, 1.54) is 12.1 Å². The summed E-state index contributed by atoms with van der Waals surface area (Å²) >= 11 is 4.91. The van der Waals surface area contributed by atoms with Gasteiger partial charge in [-0.1, -0.05) is 38.2 Å². The standard InChI is InChI=1S/C13H17FN2OS/c1-13(2,12(15)18)8-16-11(17)7-9-3-5-10(14)6-4-9/h3-6H,7-8H2,1-2H3,(H2,15,18)(H,16,17). The van der Waals surface area contributed by atoms with Crippen LogP contribution in [0.15, 0.2) is 24.3 Å². The molecule has 0 bridgehead atoms. The molecule has 0 spiro atoms. The molecule has 3 nitrogen and oxygen atoms in total. The Kier molecular flexibility index (Phi) is 4.78. The molecule has 0 radical (unpaired) electrons. The van der Waals surface area contributed by atoms with Crippen molar-refractivity contribution in [1.82, 2.24) is 5.32 Å². The summed E-state index contributed by atoms with van der Waals surface area (Å²) in [6.07, 6.45) is 0.216. The van der Waals surface area contributed by atoms with Gasteiger partial charge in [0.15, 0.2) is 0 Å². The number of halogens is 1. The highest BCUT2D eigenvalue weighted by molar-refractivity contribution is 7.80. The largest absolute Gasteiger partial charge is 0.393 e. The number of carbonyl (C=O) groups excluding carboxylic acids is 1. The van der Waals surface area contributed by atoms with Crippen LogP contribution in [-0.2, 0) is 11.2 Å². The van der Waals surface area contributed by atoms with Crippen molar-refractivity contribution >= 4 is 23.1 Å². The van der Waals surface area contributed by atoms with E-state index in [4.69, 9.17) is 18.0 Å². The van der Waals surface area contributed by atoms with Gasteiger partial charge in [-0.25, -0.2) is 4.39 Å². The molecule has 0 saturated carbocycles. The van der Waals surface area contributed by atoms with Gasteiger partial charge < -0.3 is 11.1 Å². The zero-order valence-electron chi connectivity index (χ0n) is 10.5. The second-order valence-electron chi connectivity index (χ2n) is 4.83. The topological polar surface area (TPSA) is 55.1 Å². The van der Waals surface area contributed by atoms with Crippen LogP contribution in [0.4, 0.5) is 4.39 Å². The van der Waals surface area contributed by atoms with Crippen molar-refractivity contribution in [3.8, 4) is 0 Å². The number of nitrogens with one attached hydrogen (secondary N) is 1. The smallest absolute Gasteiger partial charge is 0.224 e. The van der Waals surface area contributed by atoms with Gasteiger partial charge in [-0.2, -0.15) is 0 Å². The first kappa shape index (κ1) is 14.6. The lowest BCUT2D eigenvalue weighted by Gasteiger charge is -2.23. The summed E-state index contributed by atoms with van der Waals surface area (Å²) in [5, 5.41) is 2.77. The quantitative estimate of drug-likeness (QED) is 0.801. The fourth-order valence-electron chi connectivity index (χ4n) is 1.26. The van der Waals surface area contributed by atoms with Crippen molar-refractivity contribution in [2.75, 3.05) is 6.54 Å². The predicted molar refractivity (Wildman–Crippen MR) is 73.7 cm³/mol. The monoisotopic (exact) mass is 268 g/mol. The van der Waals surface area contributed by atoms with Crippen LogP contribution in [0.1, 0.15) is 19.4 Å². The lowest BCUT2D eigenvalue weighted by atomic mass is 9.93. The Morgan fingerprint density at radius 1 is 1.39 bits per heavy atom. The van der Waals surface area contributed by atoms with Gasteiger partial charge in [0.25, 0.3) is 0 Å². The molecule has 0 aliphatic heterocycles. The highest BCUT2D eigenvalue weighted by Crippen LogP contribution is 2.13. The molecule has 0 unspecified atom stereocenters. The molecule has 0 fully saturated rings. The average Bonchev–Trinajstić information content (AvgIpc) is 2.29. The molecule has 0 aliphatic carbocycles. The summed E-state index contributed by atoms with van der Waals surface area (Å²) in [7, 11) is 0. The van der Waals surface area contributed by atoms with Gasteiger partial charge in [0.05, 0.1) is 11.4 Å². The van der Waals surface area contributed by atoms with E-state index in [9.17, 15) is 9.18 Å². The Morgan fingerprint density at radius 3 is 2.44 bits per heavy atom. The number of amides is 1. The summed E-state index contributed by atoms with van der Waals surface area (Å²) in [4.78, 5) is 12.0. The number of thiocarbonyl (C=S) groups is 1. The maximum atomic E-state index is 12.7. The van der Waals surface area contributed by atoms with Crippen LogP contribution in [0.3, 0.4) is 0 Å². The second kappa shape index (κ2) is 5.91. The SMILES string of the molecule is CC(C)(CNC(=O)Cc1ccc(F)cc1)C(N)=S. The van der Waals surface area contributed by atoms with Gasteiger partial charge in [0.1, 0.15) is 5.82 Å². The van der Waals surface area contributed by atoms with Crippen molar-refractivity contribution < 1.29 is 9.18 Å². The molecule has 1 aromatic carbocycles. The Hall–Kier alpha value is -1.49. The first-order chi connectivity index (χ1) is 8.31. The third-order valence-corrected chi connectivity index (χ3v) is 3.23. The zero-order valence-corrected chi connectivity index (χ0v) is 11.3. The van der Waals surface area contributed by atoms with E-state index in [1.807, 2.05) is 13.8 Å². The molecule has 3 N–H and O–H groups in total. The van der Waals surface area contributed by atoms with Crippen molar-refractivity contribution in [2.45, 2.75) is 20.3 Å². The van der Waals surface area contributed by atoms with E-state index in [0.29, 0.717) is 11.5 Å². The Balaban J connectivity index is 2.48.